The summed E-state index contributed by atoms with van der Waals surface area (Å²) in [5.74, 6) is 0.436. The fourth-order valence-corrected chi connectivity index (χ4v) is 10.0. The van der Waals surface area contributed by atoms with E-state index < -0.39 is 23.6 Å². The standard InChI is InChI=1S/C66H60N3.Ir/c1-65(2,59-32-34-62(68-45-59)52-22-10-6-11-23-52)42-48-36-47(37-49(38-48)43-66(3,4)60-33-35-63(69-46-60)53-24-12-7-13-25-53)30-31-58-44-67-64(57-29-17-27-55(40-57)50-18-8-5-9-19-50)41-61(58)56-28-16-26-54(39-56)51-20-14-15-21-51;/h5-13,16-19,22,24,26-28,32-41,44-46,51H,14-15,20-21,30-31,42-43H2,1-4H3;/q-3;+3/i30D2,31D2;. The molecule has 70 heavy (non-hydrogen) atoms. The second kappa shape index (κ2) is 21.6. The van der Waals surface area contributed by atoms with Gasteiger partial charge in [-0.05, 0) is 128 Å². The summed E-state index contributed by atoms with van der Waals surface area (Å²) in [4.78, 5) is 14.6. The van der Waals surface area contributed by atoms with Crippen LogP contribution in [0.2, 0.25) is 0 Å². The molecule has 0 atom stereocenters. The van der Waals surface area contributed by atoms with Gasteiger partial charge in [0.1, 0.15) is 0 Å². The molecular formula is C66H60IrN3. The van der Waals surface area contributed by atoms with Crippen molar-refractivity contribution in [1.82, 2.24) is 15.0 Å². The molecule has 0 N–H and O–H groups in total. The van der Waals surface area contributed by atoms with Gasteiger partial charge < -0.3 is 15.0 Å². The zero-order valence-corrected chi connectivity index (χ0v) is 42.8. The third-order valence-corrected chi connectivity index (χ3v) is 13.9. The van der Waals surface area contributed by atoms with Crippen molar-refractivity contribution in [3.8, 4) is 56.0 Å². The van der Waals surface area contributed by atoms with Crippen LogP contribution in [-0.2, 0) is 56.5 Å². The molecule has 0 saturated heterocycles. The van der Waals surface area contributed by atoms with E-state index in [1.807, 2.05) is 128 Å². The van der Waals surface area contributed by atoms with Crippen molar-refractivity contribution in [3.05, 3.63) is 246 Å². The van der Waals surface area contributed by atoms with E-state index in [0.29, 0.717) is 30.0 Å². The number of benzene rings is 6. The van der Waals surface area contributed by atoms with Gasteiger partial charge in [0.15, 0.2) is 0 Å². The maximum atomic E-state index is 10.1. The monoisotopic (exact) mass is 1090 g/mol. The van der Waals surface area contributed by atoms with Crippen LogP contribution in [0.1, 0.15) is 104 Å². The van der Waals surface area contributed by atoms with Gasteiger partial charge in [0.25, 0.3) is 0 Å². The predicted octanol–water partition coefficient (Wildman–Crippen LogP) is 16.1. The predicted molar refractivity (Wildman–Crippen MR) is 285 cm³/mol. The van der Waals surface area contributed by atoms with Crippen LogP contribution in [0, 0.1) is 18.2 Å². The normalized spacial score (nSPS) is 14.2. The Morgan fingerprint density at radius 3 is 1.64 bits per heavy atom. The topological polar surface area (TPSA) is 38.7 Å². The van der Waals surface area contributed by atoms with Crippen molar-refractivity contribution < 1.29 is 25.6 Å². The van der Waals surface area contributed by atoms with Crippen LogP contribution in [-0.4, -0.2) is 15.0 Å². The van der Waals surface area contributed by atoms with E-state index in [0.717, 1.165) is 79.9 Å². The Labute approximate surface area is 435 Å². The van der Waals surface area contributed by atoms with Crippen LogP contribution >= 0.6 is 0 Å². The molecule has 348 valence electrons. The molecule has 0 radical (unpaired) electrons. The minimum Gasteiger partial charge on any atom is -0.304 e. The molecule has 1 aliphatic carbocycles. The third kappa shape index (κ3) is 11.4. The molecule has 4 heteroatoms. The Kier molecular flexibility index (Phi) is 13.4. The maximum Gasteiger partial charge on any atom is 3.00 e. The van der Waals surface area contributed by atoms with E-state index in [-0.39, 0.29) is 31.2 Å². The van der Waals surface area contributed by atoms with E-state index >= 15 is 0 Å². The molecule has 3 nitrogen and oxygen atoms in total. The van der Waals surface area contributed by atoms with Gasteiger partial charge in [-0.15, -0.1) is 107 Å². The maximum absolute atomic E-state index is 10.1. The number of pyridine rings is 3. The van der Waals surface area contributed by atoms with Gasteiger partial charge in [0.2, 0.25) is 0 Å². The third-order valence-electron chi connectivity index (χ3n) is 13.9. The van der Waals surface area contributed by atoms with E-state index in [2.05, 4.69) is 100 Å². The Hall–Kier alpha value is -6.58. The van der Waals surface area contributed by atoms with Crippen molar-refractivity contribution in [2.75, 3.05) is 0 Å². The fraction of sp³-hybridized carbons (Fsp3) is 0.227. The van der Waals surface area contributed by atoms with Gasteiger partial charge in [0, 0.05) is 24.1 Å². The molecule has 3 heterocycles. The van der Waals surface area contributed by atoms with Gasteiger partial charge in [0.05, 0.1) is 0 Å². The number of nitrogens with zero attached hydrogens (tertiary/aromatic N) is 3. The van der Waals surface area contributed by atoms with Crippen LogP contribution in [0.3, 0.4) is 0 Å². The Bertz CT molecular complexity index is 3220. The zero-order valence-electron chi connectivity index (χ0n) is 44.4. The van der Waals surface area contributed by atoms with Crippen molar-refractivity contribution in [3.63, 3.8) is 0 Å². The molecule has 10 rings (SSSR count). The number of hydrogen-bond donors (Lipinski definition) is 0. The first-order valence-corrected chi connectivity index (χ1v) is 24.3. The average Bonchev–Trinajstić information content (AvgIpc) is 3.97. The first-order valence-electron chi connectivity index (χ1n) is 26.3. The second-order valence-corrected chi connectivity index (χ2v) is 19.9. The van der Waals surface area contributed by atoms with Gasteiger partial charge in [-0.1, -0.05) is 144 Å². The molecule has 0 aliphatic heterocycles. The first-order chi connectivity index (χ1) is 35.1. The molecule has 0 spiro atoms. The number of aromatic nitrogens is 3. The number of hydrogen-bond acceptors (Lipinski definition) is 3. The summed E-state index contributed by atoms with van der Waals surface area (Å²) < 4.78 is 40.5. The summed E-state index contributed by atoms with van der Waals surface area (Å²) in [5.41, 5.74) is 13.3. The Morgan fingerprint density at radius 1 is 0.486 bits per heavy atom. The second-order valence-electron chi connectivity index (χ2n) is 19.9. The fourth-order valence-electron chi connectivity index (χ4n) is 10.0. The summed E-state index contributed by atoms with van der Waals surface area (Å²) in [6.45, 7) is 8.75. The molecule has 1 fully saturated rings. The molecule has 3 aromatic heterocycles. The molecule has 0 bridgehead atoms. The van der Waals surface area contributed by atoms with Gasteiger partial charge in [-0.25, -0.2) is 0 Å². The molecule has 9 aromatic rings. The molecule has 0 amide bonds. The van der Waals surface area contributed by atoms with Crippen LogP contribution in [0.4, 0.5) is 0 Å². The summed E-state index contributed by atoms with van der Waals surface area (Å²) in [7, 11) is 0. The van der Waals surface area contributed by atoms with Crippen LogP contribution < -0.4 is 0 Å². The summed E-state index contributed by atoms with van der Waals surface area (Å²) in [6, 6.07) is 66.5. The zero-order chi connectivity index (χ0) is 50.8. The van der Waals surface area contributed by atoms with Crippen LogP contribution in [0.15, 0.2) is 188 Å². The minimum atomic E-state index is -2.55. The first kappa shape index (κ1) is 43.4. The Morgan fingerprint density at radius 2 is 1.06 bits per heavy atom. The van der Waals surface area contributed by atoms with Crippen molar-refractivity contribution in [2.24, 2.45) is 0 Å². The van der Waals surface area contributed by atoms with E-state index in [1.54, 1.807) is 6.20 Å². The van der Waals surface area contributed by atoms with Gasteiger partial charge >= 0.3 is 20.1 Å². The molecule has 0 unspecified atom stereocenters. The van der Waals surface area contributed by atoms with Gasteiger partial charge in [-0.2, -0.15) is 0 Å². The summed E-state index contributed by atoms with van der Waals surface area (Å²) >= 11 is 0. The molecule has 1 aliphatic rings. The minimum absolute atomic E-state index is 0. The SMILES string of the molecule is [2H]C([2H])(c1cc(CC(C)(C)c2ccc(-c3[c-]cccc3)nc2)cc(CC(C)(C)c2ccc(-c3[c-]cccc3)nc2)c1)C([2H])([2H])c1cnc(-c2[c-]ccc(-c3ccccc3)c2)cc1-c1cccc(C2CCCC2)c1.[Ir+3]. The number of rotatable bonds is 15. The molecule has 1 saturated carbocycles. The Balaban J connectivity index is 0.00000672. The quantitative estimate of drug-likeness (QED) is 0.0961. The average molecular weight is 1090 g/mol. The van der Waals surface area contributed by atoms with Crippen LogP contribution in [0.5, 0.6) is 0 Å². The van der Waals surface area contributed by atoms with Crippen LogP contribution in [0.25, 0.3) is 56.0 Å². The largest absolute Gasteiger partial charge is 3.00 e. The van der Waals surface area contributed by atoms with E-state index in [1.165, 1.54) is 18.4 Å². The van der Waals surface area contributed by atoms with Gasteiger partial charge in [-0.3, -0.25) is 0 Å². The smallest absolute Gasteiger partial charge is 0.304 e. The van der Waals surface area contributed by atoms with Crippen molar-refractivity contribution >= 4 is 0 Å². The summed E-state index contributed by atoms with van der Waals surface area (Å²) in [5, 5.41) is 0. The molecular weight excluding hydrogens is 1030 g/mol. The van der Waals surface area contributed by atoms with Crippen molar-refractivity contribution in [2.45, 2.75) is 95.7 Å². The summed E-state index contributed by atoms with van der Waals surface area (Å²) in [6.07, 6.45) is 6.12. The number of aryl methyl sites for hydroxylation is 2. The molecule has 6 aromatic carbocycles. The van der Waals surface area contributed by atoms with E-state index in [9.17, 15) is 5.48 Å². The van der Waals surface area contributed by atoms with E-state index in [4.69, 9.17) is 15.0 Å². The van der Waals surface area contributed by atoms with Crippen molar-refractivity contribution in [1.29, 1.82) is 0 Å².